The Kier molecular flexibility index (Phi) is 5.47. The van der Waals surface area contributed by atoms with Gasteiger partial charge in [-0.15, -0.1) is 0 Å². The Morgan fingerprint density at radius 1 is 1.32 bits per heavy atom. The minimum absolute atomic E-state index is 0.312. The maximum Gasteiger partial charge on any atom is 0.281 e. The van der Waals surface area contributed by atoms with Crippen molar-refractivity contribution in [2.75, 3.05) is 13.9 Å². The number of alkyl halides is 1. The maximum atomic E-state index is 15.3. The zero-order valence-corrected chi connectivity index (χ0v) is 11.2. The van der Waals surface area contributed by atoms with E-state index in [9.17, 15) is 10.5 Å². The van der Waals surface area contributed by atoms with Crippen molar-refractivity contribution in [2.24, 2.45) is 5.92 Å². The summed E-state index contributed by atoms with van der Waals surface area (Å²) in [5.74, 6) is -0.421. The van der Waals surface area contributed by atoms with Gasteiger partial charge in [-0.3, -0.25) is 0 Å². The van der Waals surface area contributed by atoms with Crippen molar-refractivity contribution in [3.63, 3.8) is 0 Å². The number of nitriles is 2. The van der Waals surface area contributed by atoms with Gasteiger partial charge in [0.15, 0.2) is 5.67 Å². The summed E-state index contributed by atoms with van der Waals surface area (Å²) in [6, 6.07) is 3.36. The molecule has 0 aromatic heterocycles. The molecule has 0 aliphatic heterocycles. The zero-order valence-electron chi connectivity index (χ0n) is 11.2. The molecule has 0 amide bonds. The van der Waals surface area contributed by atoms with Gasteiger partial charge in [0, 0.05) is 13.0 Å². The minimum atomic E-state index is -2.20. The van der Waals surface area contributed by atoms with Gasteiger partial charge in [0.25, 0.3) is 5.60 Å². The highest BCUT2D eigenvalue weighted by Crippen LogP contribution is 2.44. The molecule has 0 N–H and O–H groups in total. The normalized spacial score (nSPS) is 20.0. The number of nitrogens with zero attached hydrogens (tertiary/aromatic N) is 2. The van der Waals surface area contributed by atoms with Crippen molar-refractivity contribution in [3.05, 3.63) is 12.7 Å². The fourth-order valence-corrected chi connectivity index (χ4v) is 2.64. The van der Waals surface area contributed by atoms with E-state index in [1.54, 1.807) is 12.1 Å². The predicted octanol–water partition coefficient (Wildman–Crippen LogP) is 2.87. The van der Waals surface area contributed by atoms with Crippen molar-refractivity contribution < 1.29 is 13.9 Å². The van der Waals surface area contributed by atoms with Crippen molar-refractivity contribution >= 4 is 0 Å². The Bertz CT molecular complexity index is 379. The Balaban J connectivity index is 3.10. The van der Waals surface area contributed by atoms with Crippen LogP contribution in [0.3, 0.4) is 0 Å². The van der Waals surface area contributed by atoms with Crippen LogP contribution in [0.5, 0.6) is 0 Å². The van der Waals surface area contributed by atoms with Crippen LogP contribution in [0.1, 0.15) is 32.1 Å². The summed E-state index contributed by atoms with van der Waals surface area (Å²) in [5, 5.41) is 18.5. The SMILES string of the molecule is C=C[C@](F)(C1CCCCC1)C(C#N)(C#N)OCOC. The summed E-state index contributed by atoms with van der Waals surface area (Å²) in [4.78, 5) is 0. The van der Waals surface area contributed by atoms with Crippen LogP contribution in [0.2, 0.25) is 0 Å². The Morgan fingerprint density at radius 2 is 1.89 bits per heavy atom. The number of ether oxygens (including phenoxy) is 2. The van der Waals surface area contributed by atoms with E-state index in [1.165, 1.54) is 7.11 Å². The lowest BCUT2D eigenvalue weighted by Crippen LogP contribution is -2.55. The Morgan fingerprint density at radius 3 is 2.32 bits per heavy atom. The van der Waals surface area contributed by atoms with E-state index in [0.29, 0.717) is 12.8 Å². The molecule has 0 bridgehead atoms. The van der Waals surface area contributed by atoms with Crippen LogP contribution in [0, 0.1) is 28.6 Å². The molecule has 0 saturated heterocycles. The van der Waals surface area contributed by atoms with Gasteiger partial charge in [-0.05, 0) is 18.9 Å². The molecule has 1 saturated carbocycles. The molecule has 0 heterocycles. The fraction of sp³-hybridized carbons (Fsp3) is 0.714. The van der Waals surface area contributed by atoms with E-state index in [0.717, 1.165) is 25.3 Å². The molecule has 4 nitrogen and oxygen atoms in total. The van der Waals surface area contributed by atoms with Crippen LogP contribution in [0.4, 0.5) is 4.39 Å². The first-order chi connectivity index (χ1) is 9.10. The standard InChI is InChI=1S/C14H19FN2O2/c1-3-14(15,12-7-5-4-6-8-12)13(9-16,10-17)19-11-18-2/h3,12H,1,4-8,11H2,2H3/t14-/m0/s1. The first-order valence-electron chi connectivity index (χ1n) is 6.38. The van der Waals surface area contributed by atoms with E-state index in [-0.39, 0.29) is 6.79 Å². The highest BCUT2D eigenvalue weighted by Gasteiger charge is 2.58. The number of rotatable bonds is 6. The number of methoxy groups -OCH3 is 1. The van der Waals surface area contributed by atoms with Crippen LogP contribution >= 0.6 is 0 Å². The molecule has 1 rings (SSSR count). The second-order valence-electron chi connectivity index (χ2n) is 4.76. The molecule has 0 spiro atoms. The average molecular weight is 266 g/mol. The van der Waals surface area contributed by atoms with Gasteiger partial charge >= 0.3 is 0 Å². The molecule has 0 unspecified atom stereocenters. The Labute approximate surface area is 113 Å². The van der Waals surface area contributed by atoms with Gasteiger partial charge in [0.1, 0.15) is 18.9 Å². The molecule has 5 heteroatoms. The van der Waals surface area contributed by atoms with Crippen LogP contribution < -0.4 is 0 Å². The van der Waals surface area contributed by atoms with Gasteiger partial charge in [-0.1, -0.05) is 25.8 Å². The van der Waals surface area contributed by atoms with Gasteiger partial charge in [-0.25, -0.2) is 4.39 Å². The molecule has 0 radical (unpaired) electrons. The van der Waals surface area contributed by atoms with Crippen LogP contribution in [0.25, 0.3) is 0 Å². The summed E-state index contributed by atoms with van der Waals surface area (Å²) in [6.45, 7) is 3.17. The summed E-state index contributed by atoms with van der Waals surface area (Å²) in [7, 11) is 1.36. The first-order valence-corrected chi connectivity index (χ1v) is 6.38. The van der Waals surface area contributed by atoms with E-state index < -0.39 is 17.2 Å². The average Bonchev–Trinajstić information content (AvgIpc) is 2.49. The molecule has 1 aliphatic rings. The number of hydrogen-bond acceptors (Lipinski definition) is 4. The fourth-order valence-electron chi connectivity index (χ4n) is 2.64. The van der Waals surface area contributed by atoms with E-state index >= 15 is 4.39 Å². The lowest BCUT2D eigenvalue weighted by Gasteiger charge is -2.40. The number of halogens is 1. The largest absolute Gasteiger partial charge is 0.359 e. The predicted molar refractivity (Wildman–Crippen MR) is 67.5 cm³/mol. The summed E-state index contributed by atoms with van der Waals surface area (Å²) in [6.07, 6.45) is 5.14. The zero-order chi connectivity index (χ0) is 14.4. The first kappa shape index (κ1) is 15.6. The topological polar surface area (TPSA) is 66.0 Å². The molecule has 0 aromatic rings. The lowest BCUT2D eigenvalue weighted by atomic mass is 9.70. The molecular weight excluding hydrogens is 247 g/mol. The van der Waals surface area contributed by atoms with E-state index in [1.807, 2.05) is 0 Å². The van der Waals surface area contributed by atoms with Crippen molar-refractivity contribution in [3.8, 4) is 12.1 Å². The molecule has 0 aromatic carbocycles. The van der Waals surface area contributed by atoms with Gasteiger partial charge in [-0.2, -0.15) is 10.5 Å². The van der Waals surface area contributed by atoms with Crippen molar-refractivity contribution in [1.82, 2.24) is 0 Å². The van der Waals surface area contributed by atoms with Crippen LogP contribution in [0.15, 0.2) is 12.7 Å². The Hall–Kier alpha value is -1.43. The van der Waals surface area contributed by atoms with E-state index in [2.05, 4.69) is 6.58 Å². The molecule has 1 atom stereocenters. The summed E-state index contributed by atoms with van der Waals surface area (Å²) >= 11 is 0. The third-order valence-corrected chi connectivity index (χ3v) is 3.74. The highest BCUT2D eigenvalue weighted by molar-refractivity contribution is 5.33. The number of hydrogen-bond donors (Lipinski definition) is 0. The molecule has 1 fully saturated rings. The minimum Gasteiger partial charge on any atom is -0.359 e. The lowest BCUT2D eigenvalue weighted by molar-refractivity contribution is -0.143. The van der Waals surface area contributed by atoms with Crippen molar-refractivity contribution in [1.29, 1.82) is 10.5 Å². The maximum absolute atomic E-state index is 15.3. The third-order valence-electron chi connectivity index (χ3n) is 3.74. The van der Waals surface area contributed by atoms with Gasteiger partial charge in [0.2, 0.25) is 0 Å². The molecule has 104 valence electrons. The summed E-state index contributed by atoms with van der Waals surface area (Å²) < 4.78 is 25.1. The monoisotopic (exact) mass is 266 g/mol. The summed E-state index contributed by atoms with van der Waals surface area (Å²) in [5.41, 5.74) is -4.39. The smallest absolute Gasteiger partial charge is 0.281 e. The van der Waals surface area contributed by atoms with Crippen LogP contribution in [-0.4, -0.2) is 25.2 Å². The second kappa shape index (κ2) is 6.65. The molecular formula is C14H19FN2O2. The quantitative estimate of drug-likeness (QED) is 0.547. The van der Waals surface area contributed by atoms with Crippen LogP contribution in [-0.2, 0) is 9.47 Å². The van der Waals surface area contributed by atoms with Gasteiger partial charge < -0.3 is 9.47 Å². The second-order valence-corrected chi connectivity index (χ2v) is 4.76. The molecule has 19 heavy (non-hydrogen) atoms. The third kappa shape index (κ3) is 2.78. The van der Waals surface area contributed by atoms with Crippen molar-refractivity contribution in [2.45, 2.75) is 43.4 Å². The van der Waals surface area contributed by atoms with Gasteiger partial charge in [0.05, 0.1) is 0 Å². The molecule has 1 aliphatic carbocycles. The highest BCUT2D eigenvalue weighted by atomic mass is 19.1. The van der Waals surface area contributed by atoms with E-state index in [4.69, 9.17) is 9.47 Å².